The maximum Gasteiger partial charge on any atom is 0.410 e. The standard InChI is InChI=1S/C33H40F3N7O5/c1-18(24-13-19(34)16-42(24)7)45-25-15-26(46-21-14-20(11-12-37)43(17-21)31(44)47-32(2,3)4)39-28(38-25)29-40-30(48-41-29)33(5,6)27-22(35)9-8-10-23(27)36/h8-10,15,18-21,24H,11,13-14,16-17H2,1-7H3/t18-,19+,20+,21+,24-/m0/s1. The molecule has 0 spiro atoms. The van der Waals surface area contributed by atoms with Crippen molar-refractivity contribution in [2.24, 2.45) is 0 Å². The molecule has 2 aliphatic heterocycles. The second kappa shape index (κ2) is 13.6. The lowest BCUT2D eigenvalue weighted by atomic mass is 9.83. The van der Waals surface area contributed by atoms with Crippen LogP contribution in [0.5, 0.6) is 11.8 Å². The average molecular weight is 672 g/mol. The molecule has 1 aromatic carbocycles. The summed E-state index contributed by atoms with van der Waals surface area (Å²) in [5, 5.41) is 13.4. The third-order valence-corrected chi connectivity index (χ3v) is 8.44. The zero-order valence-corrected chi connectivity index (χ0v) is 28.0. The minimum atomic E-state index is -1.36. The zero-order chi connectivity index (χ0) is 35.0. The minimum absolute atomic E-state index is 0.0582. The predicted molar refractivity (Wildman–Crippen MR) is 166 cm³/mol. The Kier molecular flexibility index (Phi) is 9.87. The summed E-state index contributed by atoms with van der Waals surface area (Å²) in [5.74, 6) is -1.64. The number of aromatic nitrogens is 4. The van der Waals surface area contributed by atoms with Crippen LogP contribution in [0.25, 0.3) is 11.6 Å². The summed E-state index contributed by atoms with van der Waals surface area (Å²) in [6, 6.07) is 6.47. The number of benzene rings is 1. The number of rotatable bonds is 9. The molecule has 2 aliphatic rings. The zero-order valence-electron chi connectivity index (χ0n) is 28.0. The van der Waals surface area contributed by atoms with Gasteiger partial charge in [-0.2, -0.15) is 20.2 Å². The van der Waals surface area contributed by atoms with E-state index in [9.17, 15) is 23.2 Å². The maximum absolute atomic E-state index is 14.7. The molecular formula is C33H40F3N7O5. The van der Waals surface area contributed by atoms with Gasteiger partial charge in [-0.3, -0.25) is 4.90 Å². The molecule has 0 N–H and O–H groups in total. The Morgan fingerprint density at radius 2 is 1.77 bits per heavy atom. The van der Waals surface area contributed by atoms with Crippen LogP contribution in [0, 0.1) is 23.0 Å². The lowest BCUT2D eigenvalue weighted by molar-refractivity contribution is 0.0214. The number of halogens is 3. The van der Waals surface area contributed by atoms with Crippen LogP contribution in [-0.4, -0.2) is 92.2 Å². The van der Waals surface area contributed by atoms with Crippen LogP contribution in [-0.2, 0) is 10.2 Å². The Morgan fingerprint density at radius 3 is 2.40 bits per heavy atom. The largest absolute Gasteiger partial charge is 0.473 e. The molecule has 2 aromatic heterocycles. The highest BCUT2D eigenvalue weighted by molar-refractivity contribution is 5.69. The van der Waals surface area contributed by atoms with Crippen LogP contribution in [0.4, 0.5) is 18.0 Å². The van der Waals surface area contributed by atoms with Gasteiger partial charge in [-0.1, -0.05) is 11.2 Å². The molecule has 5 rings (SSSR count). The lowest BCUT2D eigenvalue weighted by Crippen LogP contribution is -2.40. The second-order valence-electron chi connectivity index (χ2n) is 13.8. The number of hydrogen-bond donors (Lipinski definition) is 0. The number of likely N-dealkylation sites (N-methyl/N-ethyl adjacent to an activating group) is 1. The number of alkyl halides is 1. The van der Waals surface area contributed by atoms with Crippen molar-refractivity contribution in [2.45, 2.75) is 102 Å². The van der Waals surface area contributed by atoms with E-state index >= 15 is 0 Å². The molecule has 12 nitrogen and oxygen atoms in total. The van der Waals surface area contributed by atoms with Crippen LogP contribution in [0.3, 0.4) is 0 Å². The Morgan fingerprint density at radius 1 is 1.08 bits per heavy atom. The molecule has 5 atom stereocenters. The van der Waals surface area contributed by atoms with Gasteiger partial charge in [0, 0.05) is 24.6 Å². The van der Waals surface area contributed by atoms with E-state index in [0.29, 0.717) is 6.42 Å². The number of amides is 1. The van der Waals surface area contributed by atoms with Crippen LogP contribution in [0.15, 0.2) is 28.8 Å². The van der Waals surface area contributed by atoms with Gasteiger partial charge >= 0.3 is 6.09 Å². The van der Waals surface area contributed by atoms with Crippen molar-refractivity contribution in [1.29, 1.82) is 5.26 Å². The Balaban J connectivity index is 1.46. The molecule has 0 unspecified atom stereocenters. The molecule has 2 saturated heterocycles. The van der Waals surface area contributed by atoms with E-state index in [0.717, 1.165) is 12.1 Å². The van der Waals surface area contributed by atoms with Crippen LogP contribution in [0.2, 0.25) is 0 Å². The van der Waals surface area contributed by atoms with E-state index in [1.807, 2.05) is 18.9 Å². The summed E-state index contributed by atoms with van der Waals surface area (Å²) in [5.41, 5.74) is -2.34. The summed E-state index contributed by atoms with van der Waals surface area (Å²) in [7, 11) is 1.82. The molecule has 0 saturated carbocycles. The summed E-state index contributed by atoms with van der Waals surface area (Å²) in [4.78, 5) is 29.7. The number of carbonyl (C=O) groups excluding carboxylic acids is 1. The molecule has 0 radical (unpaired) electrons. The fraction of sp³-hybridized carbons (Fsp3) is 0.576. The van der Waals surface area contributed by atoms with Gasteiger partial charge in [0.1, 0.15) is 35.6 Å². The van der Waals surface area contributed by atoms with Gasteiger partial charge in [0.25, 0.3) is 0 Å². The number of nitrogens with zero attached hydrogens (tertiary/aromatic N) is 7. The smallest absolute Gasteiger partial charge is 0.410 e. The molecule has 1 amide bonds. The molecule has 4 heterocycles. The molecule has 0 bridgehead atoms. The molecular weight excluding hydrogens is 631 g/mol. The normalized spacial score (nSPS) is 22.4. The predicted octanol–water partition coefficient (Wildman–Crippen LogP) is 5.61. The second-order valence-corrected chi connectivity index (χ2v) is 13.8. The maximum atomic E-state index is 14.7. The van der Waals surface area contributed by atoms with E-state index in [1.165, 1.54) is 17.0 Å². The summed E-state index contributed by atoms with van der Waals surface area (Å²) in [6.07, 6.45) is -1.90. The van der Waals surface area contributed by atoms with E-state index in [-0.39, 0.29) is 66.8 Å². The SMILES string of the molecule is C[C@H](Oc1cc(O[C@@H]2C[C@@H](CC#N)N(C(=O)OC(C)(C)C)C2)nc(-c2noc(C(C)(C)c3c(F)cccc3F)n2)n1)[C@@H]1C[C@@H](F)CN1C. The van der Waals surface area contributed by atoms with Crippen molar-refractivity contribution in [3.05, 3.63) is 47.4 Å². The molecule has 3 aromatic rings. The molecule has 2 fully saturated rings. The lowest BCUT2D eigenvalue weighted by Gasteiger charge is -2.27. The summed E-state index contributed by atoms with van der Waals surface area (Å²) < 4.78 is 67.1. The number of hydrogen-bond acceptors (Lipinski definition) is 11. The monoisotopic (exact) mass is 671 g/mol. The Bertz CT molecular complexity index is 1650. The first-order chi connectivity index (χ1) is 22.5. The van der Waals surface area contributed by atoms with Gasteiger partial charge in [-0.25, -0.2) is 18.0 Å². The van der Waals surface area contributed by atoms with Gasteiger partial charge in [0.15, 0.2) is 0 Å². The average Bonchev–Trinajstić information content (AvgIpc) is 3.71. The van der Waals surface area contributed by atoms with E-state index in [1.54, 1.807) is 34.6 Å². The fourth-order valence-corrected chi connectivity index (χ4v) is 6.15. The third-order valence-electron chi connectivity index (χ3n) is 8.44. The van der Waals surface area contributed by atoms with Crippen molar-refractivity contribution in [3.63, 3.8) is 0 Å². The van der Waals surface area contributed by atoms with Crippen LogP contribution >= 0.6 is 0 Å². The molecule has 15 heteroatoms. The first kappa shape index (κ1) is 34.9. The number of likely N-dealkylation sites (tertiary alicyclic amines) is 2. The van der Waals surface area contributed by atoms with Crippen molar-refractivity contribution >= 4 is 6.09 Å². The quantitative estimate of drug-likeness (QED) is 0.280. The van der Waals surface area contributed by atoms with E-state index in [4.69, 9.17) is 18.7 Å². The highest BCUT2D eigenvalue weighted by Crippen LogP contribution is 2.35. The molecule has 48 heavy (non-hydrogen) atoms. The summed E-state index contributed by atoms with van der Waals surface area (Å²) >= 11 is 0. The van der Waals surface area contributed by atoms with Gasteiger partial charge in [0.05, 0.1) is 36.6 Å². The third kappa shape index (κ3) is 7.64. The molecule has 258 valence electrons. The highest BCUT2D eigenvalue weighted by Gasteiger charge is 2.40. The number of carbonyl (C=O) groups is 1. The van der Waals surface area contributed by atoms with Gasteiger partial charge < -0.3 is 23.6 Å². The van der Waals surface area contributed by atoms with Gasteiger partial charge in [-0.05, 0) is 67.1 Å². The van der Waals surface area contributed by atoms with Crippen molar-refractivity contribution in [3.8, 4) is 29.5 Å². The molecule has 0 aliphatic carbocycles. The van der Waals surface area contributed by atoms with Crippen LogP contribution in [0.1, 0.15) is 72.3 Å². The first-order valence-corrected chi connectivity index (χ1v) is 15.8. The summed E-state index contributed by atoms with van der Waals surface area (Å²) in [6.45, 7) is 10.6. The van der Waals surface area contributed by atoms with Crippen molar-refractivity contribution < 1.29 is 36.7 Å². The number of ether oxygens (including phenoxy) is 3. The van der Waals surface area contributed by atoms with Gasteiger partial charge in [-0.15, -0.1) is 0 Å². The van der Waals surface area contributed by atoms with Crippen molar-refractivity contribution in [1.82, 2.24) is 29.9 Å². The van der Waals surface area contributed by atoms with Crippen molar-refractivity contribution in [2.75, 3.05) is 20.1 Å². The minimum Gasteiger partial charge on any atom is -0.473 e. The van der Waals surface area contributed by atoms with E-state index in [2.05, 4.69) is 26.2 Å². The Labute approximate surface area is 277 Å². The highest BCUT2D eigenvalue weighted by atomic mass is 19.1. The Hall–Kier alpha value is -4.45. The van der Waals surface area contributed by atoms with E-state index < -0.39 is 53.2 Å². The topological polar surface area (TPSA) is 140 Å². The van der Waals surface area contributed by atoms with Crippen LogP contribution < -0.4 is 9.47 Å². The number of nitriles is 1. The first-order valence-electron chi connectivity index (χ1n) is 15.8. The van der Waals surface area contributed by atoms with Gasteiger partial charge in [0.2, 0.25) is 29.3 Å². The fourth-order valence-electron chi connectivity index (χ4n) is 6.15.